The van der Waals surface area contributed by atoms with Crippen LogP contribution in [0, 0.1) is 0 Å². The quantitative estimate of drug-likeness (QED) is 0.727. The van der Waals surface area contributed by atoms with Crippen molar-refractivity contribution in [2.75, 3.05) is 24.7 Å². The summed E-state index contributed by atoms with van der Waals surface area (Å²) in [5.41, 5.74) is 2.84. The predicted octanol–water partition coefficient (Wildman–Crippen LogP) is 3.05. The van der Waals surface area contributed by atoms with E-state index in [9.17, 15) is 13.2 Å². The lowest BCUT2D eigenvalue weighted by Crippen LogP contribution is -2.39. The van der Waals surface area contributed by atoms with Crippen LogP contribution < -0.4 is 19.1 Å². The molecule has 0 saturated heterocycles. The van der Waals surface area contributed by atoms with E-state index >= 15 is 0 Å². The highest BCUT2D eigenvalue weighted by Crippen LogP contribution is 2.32. The molecule has 0 aromatic heterocycles. The van der Waals surface area contributed by atoms with Crippen molar-refractivity contribution in [2.24, 2.45) is 0 Å². The molecule has 0 unspecified atom stereocenters. The Balaban J connectivity index is 1.63. The van der Waals surface area contributed by atoms with Crippen LogP contribution in [-0.4, -0.2) is 40.8 Å². The van der Waals surface area contributed by atoms with Crippen LogP contribution in [0.4, 0.5) is 5.69 Å². The van der Waals surface area contributed by atoms with Gasteiger partial charge in [0.2, 0.25) is 10.0 Å². The van der Waals surface area contributed by atoms with E-state index in [0.717, 1.165) is 36.8 Å². The summed E-state index contributed by atoms with van der Waals surface area (Å²) >= 11 is 0. The molecule has 1 amide bonds. The number of benzene rings is 2. The second-order valence-electron chi connectivity index (χ2n) is 7.50. The third-order valence-corrected chi connectivity index (χ3v) is 6.57. The lowest BCUT2D eigenvalue weighted by Gasteiger charge is -2.28. The molecule has 3 rings (SSSR count). The number of nitrogens with zero attached hydrogens (tertiary/aromatic N) is 1. The molecule has 7 nitrogen and oxygen atoms in total. The van der Waals surface area contributed by atoms with Gasteiger partial charge in [-0.05, 0) is 73.7 Å². The van der Waals surface area contributed by atoms with Gasteiger partial charge in [0.15, 0.2) is 6.10 Å². The Kier molecular flexibility index (Phi) is 6.55. The molecule has 0 bridgehead atoms. The number of sulfonamides is 1. The van der Waals surface area contributed by atoms with Crippen LogP contribution in [0.5, 0.6) is 11.5 Å². The number of aryl methyl sites for hydroxylation is 1. The zero-order valence-electron chi connectivity index (χ0n) is 17.7. The maximum atomic E-state index is 12.7. The molecule has 2 atom stereocenters. The number of amides is 1. The van der Waals surface area contributed by atoms with Crippen LogP contribution in [0.25, 0.3) is 0 Å². The number of carbonyl (C=O) groups is 1. The highest BCUT2D eigenvalue weighted by molar-refractivity contribution is 7.92. The SMILES string of the molecule is COc1ccc2c(c1)CCC[C@H]2NC(=O)[C@@H](C)Oc1ccc(N(C)S(C)(=O)=O)cc1. The number of fused-ring (bicyclic) bond motifs is 1. The van der Waals surface area contributed by atoms with Gasteiger partial charge in [0.1, 0.15) is 11.5 Å². The summed E-state index contributed by atoms with van der Waals surface area (Å²) < 4.78 is 35.5. The smallest absolute Gasteiger partial charge is 0.261 e. The molecule has 8 heteroatoms. The van der Waals surface area contributed by atoms with Crippen molar-refractivity contribution in [2.45, 2.75) is 38.3 Å². The Labute approximate surface area is 178 Å². The fourth-order valence-electron chi connectivity index (χ4n) is 3.54. The summed E-state index contributed by atoms with van der Waals surface area (Å²) in [4.78, 5) is 12.7. The molecule has 1 aliphatic rings. The van der Waals surface area contributed by atoms with Crippen molar-refractivity contribution in [1.82, 2.24) is 5.32 Å². The van der Waals surface area contributed by atoms with Crippen molar-refractivity contribution in [3.8, 4) is 11.5 Å². The molecular weight excluding hydrogens is 404 g/mol. The molecule has 162 valence electrons. The minimum absolute atomic E-state index is 0.0519. The summed E-state index contributed by atoms with van der Waals surface area (Å²) in [6.45, 7) is 1.70. The molecule has 0 aliphatic heterocycles. The highest BCUT2D eigenvalue weighted by Gasteiger charge is 2.25. The van der Waals surface area contributed by atoms with Gasteiger partial charge in [-0.2, -0.15) is 0 Å². The lowest BCUT2D eigenvalue weighted by atomic mass is 9.87. The van der Waals surface area contributed by atoms with E-state index in [1.165, 1.54) is 16.9 Å². The number of anilines is 1. The van der Waals surface area contributed by atoms with Crippen molar-refractivity contribution in [1.29, 1.82) is 0 Å². The number of ether oxygens (including phenoxy) is 2. The van der Waals surface area contributed by atoms with Crippen molar-refractivity contribution < 1.29 is 22.7 Å². The van der Waals surface area contributed by atoms with Crippen LogP contribution in [-0.2, 0) is 21.2 Å². The fourth-order valence-corrected chi connectivity index (χ4v) is 4.05. The van der Waals surface area contributed by atoms with E-state index in [0.29, 0.717) is 11.4 Å². The molecule has 0 fully saturated rings. The van der Waals surface area contributed by atoms with Crippen LogP contribution in [0.2, 0.25) is 0 Å². The molecule has 30 heavy (non-hydrogen) atoms. The average molecular weight is 433 g/mol. The molecule has 0 radical (unpaired) electrons. The monoisotopic (exact) mass is 432 g/mol. The highest BCUT2D eigenvalue weighted by atomic mass is 32.2. The normalized spacial score (nSPS) is 16.9. The average Bonchev–Trinajstić information content (AvgIpc) is 2.72. The van der Waals surface area contributed by atoms with Crippen LogP contribution in [0.1, 0.15) is 36.9 Å². The van der Waals surface area contributed by atoms with E-state index in [1.807, 2.05) is 18.2 Å². The van der Waals surface area contributed by atoms with Gasteiger partial charge in [-0.3, -0.25) is 9.10 Å². The standard InChI is InChI=1S/C22H28N2O5S/c1-15(29-18-10-8-17(9-11-18)24(2)30(4,26)27)22(25)23-21-7-5-6-16-14-19(28-3)12-13-20(16)21/h8-15,21H,5-7H2,1-4H3,(H,23,25)/t15-,21-/m1/s1. The van der Waals surface area contributed by atoms with Crippen LogP contribution in [0.3, 0.4) is 0 Å². The summed E-state index contributed by atoms with van der Waals surface area (Å²) in [7, 11) is -0.198. The van der Waals surface area contributed by atoms with Crippen molar-refractivity contribution >= 4 is 21.6 Å². The van der Waals surface area contributed by atoms with E-state index in [4.69, 9.17) is 9.47 Å². The number of methoxy groups -OCH3 is 1. The molecule has 2 aromatic rings. The molecule has 2 aromatic carbocycles. The topological polar surface area (TPSA) is 84.9 Å². The number of rotatable bonds is 7. The summed E-state index contributed by atoms with van der Waals surface area (Å²) in [6.07, 6.45) is 3.30. The third-order valence-electron chi connectivity index (χ3n) is 5.36. The van der Waals surface area contributed by atoms with E-state index in [-0.39, 0.29) is 11.9 Å². The lowest BCUT2D eigenvalue weighted by molar-refractivity contribution is -0.128. The number of hydrogen-bond acceptors (Lipinski definition) is 5. The Morgan fingerprint density at radius 3 is 2.47 bits per heavy atom. The number of nitrogens with one attached hydrogen (secondary N) is 1. The molecule has 0 spiro atoms. The molecule has 1 N–H and O–H groups in total. The molecular formula is C22H28N2O5S. The first kappa shape index (κ1) is 22.0. The summed E-state index contributed by atoms with van der Waals surface area (Å²) in [5.74, 6) is 1.13. The largest absolute Gasteiger partial charge is 0.497 e. The van der Waals surface area contributed by atoms with Gasteiger partial charge in [-0.1, -0.05) is 6.07 Å². The summed E-state index contributed by atoms with van der Waals surface area (Å²) in [6, 6.07) is 12.5. The van der Waals surface area contributed by atoms with Crippen molar-refractivity contribution in [3.63, 3.8) is 0 Å². The maximum Gasteiger partial charge on any atom is 0.261 e. The zero-order chi connectivity index (χ0) is 21.9. The van der Waals surface area contributed by atoms with E-state index < -0.39 is 16.1 Å². The summed E-state index contributed by atoms with van der Waals surface area (Å²) in [5, 5.41) is 3.09. The molecule has 0 heterocycles. The third kappa shape index (κ3) is 5.05. The molecule has 0 saturated carbocycles. The minimum atomic E-state index is -3.33. The van der Waals surface area contributed by atoms with Gasteiger partial charge in [0, 0.05) is 7.05 Å². The molecule has 1 aliphatic carbocycles. The van der Waals surface area contributed by atoms with Gasteiger partial charge >= 0.3 is 0 Å². The Bertz CT molecular complexity index is 1000. The van der Waals surface area contributed by atoms with Crippen molar-refractivity contribution in [3.05, 3.63) is 53.6 Å². The van der Waals surface area contributed by atoms with Crippen LogP contribution in [0.15, 0.2) is 42.5 Å². The van der Waals surface area contributed by atoms with Gasteiger partial charge in [-0.25, -0.2) is 8.42 Å². The second kappa shape index (κ2) is 8.95. The van der Waals surface area contributed by atoms with Gasteiger partial charge in [0.05, 0.1) is 25.1 Å². The van der Waals surface area contributed by atoms with Gasteiger partial charge < -0.3 is 14.8 Å². The van der Waals surface area contributed by atoms with Gasteiger partial charge in [0.25, 0.3) is 5.91 Å². The maximum absolute atomic E-state index is 12.7. The van der Waals surface area contributed by atoms with E-state index in [2.05, 4.69) is 5.32 Å². The first-order valence-electron chi connectivity index (χ1n) is 9.87. The first-order chi connectivity index (χ1) is 14.2. The predicted molar refractivity (Wildman–Crippen MR) is 117 cm³/mol. The Morgan fingerprint density at radius 2 is 1.83 bits per heavy atom. The number of hydrogen-bond donors (Lipinski definition) is 1. The van der Waals surface area contributed by atoms with E-state index in [1.54, 1.807) is 38.3 Å². The Morgan fingerprint density at radius 1 is 1.17 bits per heavy atom. The minimum Gasteiger partial charge on any atom is -0.497 e. The Hall–Kier alpha value is -2.74. The van der Waals surface area contributed by atoms with Crippen LogP contribution >= 0.6 is 0 Å². The number of carbonyl (C=O) groups excluding carboxylic acids is 1. The fraction of sp³-hybridized carbons (Fsp3) is 0.409. The second-order valence-corrected chi connectivity index (χ2v) is 9.52. The first-order valence-corrected chi connectivity index (χ1v) is 11.7. The zero-order valence-corrected chi connectivity index (χ0v) is 18.5. The van der Waals surface area contributed by atoms with Gasteiger partial charge in [-0.15, -0.1) is 0 Å².